The van der Waals surface area contributed by atoms with Crippen molar-refractivity contribution in [3.8, 4) is 0 Å². The summed E-state index contributed by atoms with van der Waals surface area (Å²) >= 11 is 0. The molecule has 1 aromatic rings. The summed E-state index contributed by atoms with van der Waals surface area (Å²) in [4.78, 5) is 10.8. The third-order valence-electron chi connectivity index (χ3n) is 2.06. The summed E-state index contributed by atoms with van der Waals surface area (Å²) in [6.45, 7) is 1.91. The Bertz CT molecular complexity index is 322. The number of aliphatic hydroxyl groups excluding tert-OH is 1. The number of hydrogen-bond donors (Lipinski definition) is 3. The first-order chi connectivity index (χ1) is 7.13. The zero-order chi connectivity index (χ0) is 11.3. The molecule has 0 aromatic heterocycles. The predicted octanol–water partition coefficient (Wildman–Crippen LogP) is 1.03. The van der Waals surface area contributed by atoms with Crippen molar-refractivity contribution in [1.82, 2.24) is 0 Å². The molecule has 1 aromatic carbocycles. The number of nitrogens with two attached hydrogens (primary N) is 1. The lowest BCUT2D eigenvalue weighted by Crippen LogP contribution is -2.08. The maximum Gasteiger partial charge on any atom is 0.221 e. The van der Waals surface area contributed by atoms with Crippen molar-refractivity contribution in [3.63, 3.8) is 0 Å². The molecule has 1 amide bonds. The zero-order valence-electron chi connectivity index (χ0n) is 8.73. The quantitative estimate of drug-likeness (QED) is 0.691. The maximum absolute atomic E-state index is 10.8. The molecule has 4 N–H and O–H groups in total. The average molecular weight is 208 g/mol. The summed E-state index contributed by atoms with van der Waals surface area (Å²) in [6, 6.07) is 7.09. The molecular weight excluding hydrogens is 192 g/mol. The van der Waals surface area contributed by atoms with Crippen LogP contribution in [-0.2, 0) is 4.79 Å². The van der Waals surface area contributed by atoms with E-state index in [-0.39, 0.29) is 5.91 Å². The van der Waals surface area contributed by atoms with E-state index < -0.39 is 6.10 Å². The van der Waals surface area contributed by atoms with Crippen LogP contribution < -0.4 is 11.1 Å². The number of rotatable bonds is 4. The molecule has 82 valence electrons. The molecule has 0 heterocycles. The molecule has 0 saturated heterocycles. The number of carbonyl (C=O) groups excluding carboxylic acids is 1. The molecule has 0 spiro atoms. The van der Waals surface area contributed by atoms with Gasteiger partial charge in [0.25, 0.3) is 0 Å². The molecule has 0 aliphatic carbocycles. The smallest absolute Gasteiger partial charge is 0.221 e. The fourth-order valence-electron chi connectivity index (χ4n) is 1.32. The molecule has 1 rings (SSSR count). The SMILES string of the molecule is CC(=O)Nc1ccc([C@H](O)CCN)cc1. The molecular formula is C11H16N2O2. The van der Waals surface area contributed by atoms with E-state index >= 15 is 0 Å². The molecule has 0 fully saturated rings. The summed E-state index contributed by atoms with van der Waals surface area (Å²) in [5.41, 5.74) is 6.89. The van der Waals surface area contributed by atoms with Gasteiger partial charge in [0, 0.05) is 12.6 Å². The van der Waals surface area contributed by atoms with Gasteiger partial charge in [-0.25, -0.2) is 0 Å². The minimum absolute atomic E-state index is 0.106. The summed E-state index contributed by atoms with van der Waals surface area (Å²) < 4.78 is 0. The Kier molecular flexibility index (Phi) is 4.27. The van der Waals surface area contributed by atoms with Gasteiger partial charge in [0.1, 0.15) is 0 Å². The van der Waals surface area contributed by atoms with E-state index in [1.807, 2.05) is 0 Å². The maximum atomic E-state index is 10.8. The van der Waals surface area contributed by atoms with Crippen LogP contribution in [0.5, 0.6) is 0 Å². The van der Waals surface area contributed by atoms with Crippen molar-refractivity contribution in [3.05, 3.63) is 29.8 Å². The first kappa shape index (κ1) is 11.7. The van der Waals surface area contributed by atoms with E-state index in [4.69, 9.17) is 5.73 Å². The fourth-order valence-corrected chi connectivity index (χ4v) is 1.32. The van der Waals surface area contributed by atoms with Gasteiger partial charge >= 0.3 is 0 Å². The van der Waals surface area contributed by atoms with Gasteiger partial charge in [-0.3, -0.25) is 4.79 Å². The fraction of sp³-hybridized carbons (Fsp3) is 0.364. The van der Waals surface area contributed by atoms with Crippen LogP contribution >= 0.6 is 0 Å². The second kappa shape index (κ2) is 5.48. The van der Waals surface area contributed by atoms with Crippen molar-refractivity contribution in [2.24, 2.45) is 5.73 Å². The number of anilines is 1. The molecule has 0 saturated carbocycles. The van der Waals surface area contributed by atoms with E-state index in [0.717, 1.165) is 11.3 Å². The average Bonchev–Trinajstić information content (AvgIpc) is 2.18. The number of amides is 1. The minimum atomic E-state index is -0.527. The van der Waals surface area contributed by atoms with Crippen molar-refractivity contribution in [2.75, 3.05) is 11.9 Å². The lowest BCUT2D eigenvalue weighted by molar-refractivity contribution is -0.114. The zero-order valence-corrected chi connectivity index (χ0v) is 8.73. The largest absolute Gasteiger partial charge is 0.388 e. The van der Waals surface area contributed by atoms with Crippen molar-refractivity contribution >= 4 is 11.6 Å². The van der Waals surface area contributed by atoms with Crippen molar-refractivity contribution in [1.29, 1.82) is 0 Å². The molecule has 0 radical (unpaired) electrons. The predicted molar refractivity (Wildman–Crippen MR) is 59.4 cm³/mol. The van der Waals surface area contributed by atoms with E-state index in [1.54, 1.807) is 24.3 Å². The molecule has 4 nitrogen and oxygen atoms in total. The van der Waals surface area contributed by atoms with E-state index in [0.29, 0.717) is 13.0 Å². The van der Waals surface area contributed by atoms with Gasteiger partial charge in [0.05, 0.1) is 6.10 Å². The Labute approximate surface area is 89.1 Å². The van der Waals surface area contributed by atoms with Crippen LogP contribution in [0.2, 0.25) is 0 Å². The summed E-state index contributed by atoms with van der Waals surface area (Å²) in [5, 5.41) is 12.3. The third kappa shape index (κ3) is 3.69. The lowest BCUT2D eigenvalue weighted by Gasteiger charge is -2.10. The first-order valence-corrected chi connectivity index (χ1v) is 4.89. The Hall–Kier alpha value is -1.39. The third-order valence-corrected chi connectivity index (χ3v) is 2.06. The molecule has 1 atom stereocenters. The molecule has 0 aliphatic rings. The van der Waals surface area contributed by atoms with Crippen LogP contribution in [0.25, 0.3) is 0 Å². The highest BCUT2D eigenvalue weighted by Gasteiger charge is 2.05. The number of benzene rings is 1. The number of nitrogens with one attached hydrogen (secondary N) is 1. The summed E-state index contributed by atoms with van der Waals surface area (Å²) in [6.07, 6.45) is 0.0147. The Morgan fingerprint density at radius 1 is 1.47 bits per heavy atom. The monoisotopic (exact) mass is 208 g/mol. The minimum Gasteiger partial charge on any atom is -0.388 e. The van der Waals surface area contributed by atoms with Crippen LogP contribution in [0.1, 0.15) is 25.0 Å². The van der Waals surface area contributed by atoms with E-state index in [9.17, 15) is 9.90 Å². The molecule has 4 heteroatoms. The standard InChI is InChI=1S/C11H16N2O2/c1-8(14)13-10-4-2-9(3-5-10)11(15)6-7-12/h2-5,11,15H,6-7,12H2,1H3,(H,13,14)/t11-/m1/s1. The van der Waals surface area contributed by atoms with Crippen molar-refractivity contribution < 1.29 is 9.90 Å². The van der Waals surface area contributed by atoms with E-state index in [1.165, 1.54) is 6.92 Å². The van der Waals surface area contributed by atoms with Crippen LogP contribution in [0.4, 0.5) is 5.69 Å². The molecule has 0 unspecified atom stereocenters. The second-order valence-electron chi connectivity index (χ2n) is 3.40. The van der Waals surface area contributed by atoms with Gasteiger partial charge in [-0.1, -0.05) is 12.1 Å². The topological polar surface area (TPSA) is 75.3 Å². The van der Waals surface area contributed by atoms with Crippen LogP contribution in [0, 0.1) is 0 Å². The second-order valence-corrected chi connectivity index (χ2v) is 3.40. The highest BCUT2D eigenvalue weighted by Crippen LogP contribution is 2.18. The van der Waals surface area contributed by atoms with Gasteiger partial charge in [0.15, 0.2) is 0 Å². The van der Waals surface area contributed by atoms with Crippen LogP contribution in [-0.4, -0.2) is 17.6 Å². The summed E-state index contributed by atoms with van der Waals surface area (Å²) in [7, 11) is 0. The highest BCUT2D eigenvalue weighted by atomic mass is 16.3. The van der Waals surface area contributed by atoms with Gasteiger partial charge < -0.3 is 16.2 Å². The summed E-state index contributed by atoms with van der Waals surface area (Å²) in [5.74, 6) is -0.106. The lowest BCUT2D eigenvalue weighted by atomic mass is 10.1. The normalized spacial score (nSPS) is 12.2. The number of hydrogen-bond acceptors (Lipinski definition) is 3. The number of aliphatic hydroxyl groups is 1. The van der Waals surface area contributed by atoms with Gasteiger partial charge in [-0.05, 0) is 30.7 Å². The Balaban J connectivity index is 2.67. The Morgan fingerprint density at radius 3 is 2.53 bits per heavy atom. The van der Waals surface area contributed by atoms with Crippen molar-refractivity contribution in [2.45, 2.75) is 19.4 Å². The highest BCUT2D eigenvalue weighted by molar-refractivity contribution is 5.88. The first-order valence-electron chi connectivity index (χ1n) is 4.89. The van der Waals surface area contributed by atoms with Gasteiger partial charge in [0.2, 0.25) is 5.91 Å². The molecule has 15 heavy (non-hydrogen) atoms. The Morgan fingerprint density at radius 2 is 2.07 bits per heavy atom. The van der Waals surface area contributed by atoms with Gasteiger partial charge in [-0.15, -0.1) is 0 Å². The van der Waals surface area contributed by atoms with E-state index in [2.05, 4.69) is 5.32 Å². The van der Waals surface area contributed by atoms with Crippen LogP contribution in [0.3, 0.4) is 0 Å². The van der Waals surface area contributed by atoms with Gasteiger partial charge in [-0.2, -0.15) is 0 Å². The van der Waals surface area contributed by atoms with Crippen LogP contribution in [0.15, 0.2) is 24.3 Å². The molecule has 0 aliphatic heterocycles. The number of carbonyl (C=O) groups is 1. The molecule has 0 bridgehead atoms.